The van der Waals surface area contributed by atoms with Gasteiger partial charge in [0, 0.05) is 12.8 Å². The van der Waals surface area contributed by atoms with Crippen molar-refractivity contribution in [3.8, 4) is 0 Å². The van der Waals surface area contributed by atoms with Crippen molar-refractivity contribution in [3.05, 3.63) is 255 Å². The van der Waals surface area contributed by atoms with Crippen LogP contribution in [0.2, 0.25) is 0 Å². The van der Waals surface area contributed by atoms with Crippen molar-refractivity contribution >= 4 is 19.8 Å². The van der Waals surface area contributed by atoms with Crippen LogP contribution in [0.1, 0.15) is 245 Å². The first-order valence-electron chi connectivity index (χ1n) is 38.4. The molecule has 0 rings (SSSR count). The molecule has 0 saturated heterocycles. The van der Waals surface area contributed by atoms with E-state index in [2.05, 4.69) is 269 Å². The summed E-state index contributed by atoms with van der Waals surface area (Å²) in [6.45, 7) is 3.93. The van der Waals surface area contributed by atoms with E-state index in [-0.39, 0.29) is 26.1 Å². The van der Waals surface area contributed by atoms with E-state index in [1.165, 1.54) is 19.3 Å². The maximum Gasteiger partial charge on any atom is 0.306 e. The molecule has 0 aromatic carbocycles. The Labute approximate surface area is 612 Å². The predicted molar refractivity (Wildman–Crippen MR) is 433 cm³/mol. The number of rotatable bonds is 67. The molecule has 0 N–H and O–H groups in total. The molecule has 2 unspecified atom stereocenters. The van der Waals surface area contributed by atoms with Crippen LogP contribution in [0.5, 0.6) is 0 Å². The van der Waals surface area contributed by atoms with Crippen LogP contribution in [0.15, 0.2) is 255 Å². The largest absolute Gasteiger partial charge is 0.756 e. The number of hydrogen-bond acceptors (Lipinski definition) is 8. The number of carbonyl (C=O) groups is 2. The summed E-state index contributed by atoms with van der Waals surface area (Å²) in [6.07, 6.45) is 126. The van der Waals surface area contributed by atoms with Crippen molar-refractivity contribution in [2.75, 3.05) is 47.5 Å². The third-order valence-electron chi connectivity index (χ3n) is 15.1. The van der Waals surface area contributed by atoms with Crippen molar-refractivity contribution in [2.24, 2.45) is 0 Å². The maximum absolute atomic E-state index is 12.9. The SMILES string of the molecule is CC/C=C\C/C=C\C/C=C\C/C=C\C/C=C\C/C=C\C/C=C\C/C=C\C/C=C\C/C=C\C/C=C\C/C=C\CCCCCCC(=O)OC(COC(=O)CCCCCCCCC/C=C\C/C=C\C/C=C\C/C=C\C/C=C\C/C=C\C/C=C\C/C=C\C/C=C\CC)COP(=O)([O-])OCC[N+](C)(C)C. The Hall–Kier alpha value is -6.45. The standard InChI is InChI=1S/C90H138NO8P/c1-6-8-10-12-14-16-18-20-22-24-26-28-30-32-34-36-38-40-42-43-44-45-46-47-49-51-53-55-57-59-61-63-65-67-69-71-73-75-77-79-81-83-90(93)99-88(87-98-100(94,95)97-85-84-91(3,4)5)86-96-89(92)82-80-78-76-74-72-70-68-66-64-62-60-58-56-54-52-50-48-41-39-37-35-33-31-29-27-25-23-21-19-17-15-13-11-9-7-2/h8-11,14-17,20-23,26-29,32-35,38-41,43-44,46-47,50-53,56-59,62-65,69,71,88H,6-7,12-13,18-19,24-25,30-31,36-37,42,45,48-49,54-55,60-61,66-68,70,72-87H2,1-5H3/b10-8-,11-9-,16-14-,17-15-,22-20-,23-21-,28-26-,29-27-,34-32-,35-33-,40-38-,41-39-,44-43-,47-46-,52-50-,53-51-,58-56-,59-57-,64-62-,65-63-,71-69-. The van der Waals surface area contributed by atoms with Gasteiger partial charge in [0.05, 0.1) is 27.7 Å². The van der Waals surface area contributed by atoms with Crippen LogP contribution >= 0.6 is 7.82 Å². The van der Waals surface area contributed by atoms with Crippen molar-refractivity contribution < 1.29 is 42.1 Å². The topological polar surface area (TPSA) is 111 Å². The first kappa shape index (κ1) is 93.6. The van der Waals surface area contributed by atoms with Crippen LogP contribution in [-0.4, -0.2) is 70.0 Å². The quantitative estimate of drug-likeness (QED) is 0.0195. The molecule has 0 bridgehead atoms. The smallest absolute Gasteiger partial charge is 0.306 e. The molecule has 10 heteroatoms. The van der Waals surface area contributed by atoms with E-state index in [1.807, 2.05) is 21.1 Å². The summed E-state index contributed by atoms with van der Waals surface area (Å²) in [5.41, 5.74) is 0. The second-order valence-corrected chi connectivity index (χ2v) is 27.0. The molecule has 2 atom stereocenters. The number of quaternary nitrogens is 1. The van der Waals surface area contributed by atoms with Crippen LogP contribution in [0.4, 0.5) is 0 Å². The van der Waals surface area contributed by atoms with E-state index in [9.17, 15) is 19.0 Å². The van der Waals surface area contributed by atoms with Gasteiger partial charge in [-0.05, 0) is 173 Å². The molecule has 0 fully saturated rings. The fraction of sp³-hybridized carbons (Fsp3) is 0.511. The number of hydrogen-bond donors (Lipinski definition) is 0. The minimum Gasteiger partial charge on any atom is -0.756 e. The minimum atomic E-state index is -4.68. The summed E-state index contributed by atoms with van der Waals surface area (Å²) in [7, 11) is 1.10. The number of ether oxygens (including phenoxy) is 2. The van der Waals surface area contributed by atoms with Crippen molar-refractivity contribution in [2.45, 2.75) is 251 Å². The molecule has 100 heavy (non-hydrogen) atoms. The van der Waals surface area contributed by atoms with Gasteiger partial charge in [-0.3, -0.25) is 14.2 Å². The molecule has 0 heterocycles. The lowest BCUT2D eigenvalue weighted by molar-refractivity contribution is -0.870. The van der Waals surface area contributed by atoms with Crippen molar-refractivity contribution in [3.63, 3.8) is 0 Å². The number of nitrogens with zero attached hydrogens (tertiary/aromatic N) is 1. The minimum absolute atomic E-state index is 0.0527. The Bertz CT molecular complexity index is 2650. The average molecular weight is 1390 g/mol. The van der Waals surface area contributed by atoms with Gasteiger partial charge in [0.1, 0.15) is 19.8 Å². The number of allylic oxidation sites excluding steroid dienone is 42. The summed E-state index contributed by atoms with van der Waals surface area (Å²) in [4.78, 5) is 38.1. The highest BCUT2D eigenvalue weighted by Gasteiger charge is 2.22. The number of unbranched alkanes of at least 4 members (excludes halogenated alkanes) is 11. The van der Waals surface area contributed by atoms with Gasteiger partial charge in [0.15, 0.2) is 6.10 Å². The van der Waals surface area contributed by atoms with Gasteiger partial charge in [-0.15, -0.1) is 0 Å². The highest BCUT2D eigenvalue weighted by Crippen LogP contribution is 2.38. The first-order valence-corrected chi connectivity index (χ1v) is 39.9. The molecule has 0 spiro atoms. The number of esters is 2. The zero-order chi connectivity index (χ0) is 72.5. The van der Waals surface area contributed by atoms with Gasteiger partial charge in [-0.1, -0.05) is 314 Å². The van der Waals surface area contributed by atoms with Gasteiger partial charge in [-0.2, -0.15) is 0 Å². The van der Waals surface area contributed by atoms with Gasteiger partial charge in [0.25, 0.3) is 7.82 Å². The van der Waals surface area contributed by atoms with Crippen LogP contribution in [0.25, 0.3) is 0 Å². The lowest BCUT2D eigenvalue weighted by Crippen LogP contribution is -2.37. The van der Waals surface area contributed by atoms with Crippen molar-refractivity contribution in [1.29, 1.82) is 0 Å². The molecule has 9 nitrogen and oxygen atoms in total. The number of likely N-dealkylation sites (N-methyl/N-ethyl adjacent to an activating group) is 1. The van der Waals surface area contributed by atoms with Gasteiger partial charge >= 0.3 is 11.9 Å². The Balaban J connectivity index is 4.22. The third-order valence-corrected chi connectivity index (χ3v) is 16.0. The average Bonchev–Trinajstić information content (AvgIpc) is 1.30. The van der Waals surface area contributed by atoms with Crippen LogP contribution in [0, 0.1) is 0 Å². The molecule has 0 amide bonds. The highest BCUT2D eigenvalue weighted by molar-refractivity contribution is 7.45. The van der Waals surface area contributed by atoms with E-state index in [1.54, 1.807) is 0 Å². The summed E-state index contributed by atoms with van der Waals surface area (Å²) >= 11 is 0. The molecule has 556 valence electrons. The zero-order valence-corrected chi connectivity index (χ0v) is 64.2. The molecular formula is C90H138NO8P. The molecule has 0 aliphatic heterocycles. The number of carbonyl (C=O) groups excluding carboxylic acids is 2. The van der Waals surface area contributed by atoms with E-state index in [0.717, 1.165) is 186 Å². The van der Waals surface area contributed by atoms with Gasteiger partial charge in [0.2, 0.25) is 0 Å². The molecule has 0 radical (unpaired) electrons. The normalized spacial score (nSPS) is 14.5. The number of phosphoric acid groups is 1. The Morgan fingerprint density at radius 1 is 0.310 bits per heavy atom. The molecule has 0 aromatic heterocycles. The fourth-order valence-corrected chi connectivity index (χ4v) is 10.0. The third kappa shape index (κ3) is 80.5. The Kier molecular flexibility index (Phi) is 71.8. The van der Waals surface area contributed by atoms with E-state index in [0.29, 0.717) is 23.9 Å². The van der Waals surface area contributed by atoms with E-state index in [4.69, 9.17) is 18.5 Å². The summed E-state index contributed by atoms with van der Waals surface area (Å²) in [5.74, 6) is -0.896. The molecule has 0 aliphatic carbocycles. The summed E-state index contributed by atoms with van der Waals surface area (Å²) < 4.78 is 34.3. The predicted octanol–water partition coefficient (Wildman–Crippen LogP) is 25.4. The Morgan fingerprint density at radius 3 is 0.800 bits per heavy atom. The second-order valence-electron chi connectivity index (χ2n) is 25.5. The zero-order valence-electron chi connectivity index (χ0n) is 63.3. The second kappa shape index (κ2) is 76.7. The van der Waals surface area contributed by atoms with Crippen LogP contribution in [-0.2, 0) is 32.7 Å². The van der Waals surface area contributed by atoms with Gasteiger partial charge < -0.3 is 27.9 Å². The molecule has 0 aliphatic rings. The number of phosphoric ester groups is 1. The highest BCUT2D eigenvalue weighted by atomic mass is 31.2. The first-order chi connectivity index (χ1) is 49.0. The molecule has 0 aromatic rings. The van der Waals surface area contributed by atoms with Crippen LogP contribution < -0.4 is 4.89 Å². The molecular weight excluding hydrogens is 1250 g/mol. The lowest BCUT2D eigenvalue weighted by atomic mass is 10.1. The van der Waals surface area contributed by atoms with E-state index >= 15 is 0 Å². The van der Waals surface area contributed by atoms with Crippen molar-refractivity contribution in [1.82, 2.24) is 0 Å². The molecule has 0 saturated carbocycles. The summed E-state index contributed by atoms with van der Waals surface area (Å²) in [6, 6.07) is 0. The van der Waals surface area contributed by atoms with Gasteiger partial charge in [-0.25, -0.2) is 0 Å². The van der Waals surface area contributed by atoms with E-state index < -0.39 is 32.5 Å². The van der Waals surface area contributed by atoms with Crippen LogP contribution in [0.3, 0.4) is 0 Å². The lowest BCUT2D eigenvalue weighted by Gasteiger charge is -2.28. The maximum atomic E-state index is 12.9. The monoisotopic (exact) mass is 1390 g/mol. The fourth-order valence-electron chi connectivity index (χ4n) is 9.28. The summed E-state index contributed by atoms with van der Waals surface area (Å²) in [5, 5.41) is 0. The Morgan fingerprint density at radius 2 is 0.540 bits per heavy atom.